The van der Waals surface area contributed by atoms with Gasteiger partial charge in [0.05, 0.1) is 10.9 Å². The number of carbonyl (C=O) groups is 2. The predicted octanol–water partition coefficient (Wildman–Crippen LogP) is 6.08. The lowest BCUT2D eigenvalue weighted by molar-refractivity contribution is -0.274. The monoisotopic (exact) mass is 471 g/mol. The number of alkyl halides is 3. The Morgan fingerprint density at radius 3 is 2.29 bits per heavy atom. The van der Waals surface area contributed by atoms with Crippen LogP contribution in [0.5, 0.6) is 5.75 Å². The van der Waals surface area contributed by atoms with Crippen LogP contribution in [0.4, 0.5) is 17.6 Å². The van der Waals surface area contributed by atoms with Gasteiger partial charge in [0, 0.05) is 12.0 Å². The summed E-state index contributed by atoms with van der Waals surface area (Å²) in [5, 5.41) is 1.34. The summed E-state index contributed by atoms with van der Waals surface area (Å²) in [4.78, 5) is 24.1. The van der Waals surface area contributed by atoms with Crippen LogP contribution in [0.2, 0.25) is 0 Å². The molecular weight excluding hydrogens is 458 g/mol. The highest BCUT2D eigenvalue weighted by molar-refractivity contribution is 7.12. The minimum atomic E-state index is -4.83. The van der Waals surface area contributed by atoms with Crippen LogP contribution < -0.4 is 10.1 Å². The normalized spacial score (nSPS) is 12.3. The third kappa shape index (κ3) is 6.28. The molecule has 10 heteroatoms. The molecule has 0 spiro atoms. The molecule has 0 saturated carbocycles. The van der Waals surface area contributed by atoms with E-state index in [1.807, 2.05) is 0 Å². The number of nitrogens with one attached hydrogen (secondary N) is 1. The van der Waals surface area contributed by atoms with E-state index in [1.165, 1.54) is 18.2 Å². The molecule has 2 aromatic carbocycles. The second-order valence-electron chi connectivity index (χ2n) is 6.37. The zero-order valence-corrected chi connectivity index (χ0v) is 17.2. The summed E-state index contributed by atoms with van der Waals surface area (Å²) in [7, 11) is 0. The first-order chi connectivity index (χ1) is 14.6. The lowest BCUT2D eigenvalue weighted by Gasteiger charge is -2.17. The van der Waals surface area contributed by atoms with Gasteiger partial charge in [-0.15, -0.1) is 24.5 Å². The summed E-state index contributed by atoms with van der Waals surface area (Å²) in [5.41, 5.74) is 0.985. The van der Waals surface area contributed by atoms with Crippen molar-refractivity contribution in [1.29, 1.82) is 0 Å². The Hall–Kier alpha value is -2.91. The van der Waals surface area contributed by atoms with Crippen molar-refractivity contribution in [1.82, 2.24) is 5.32 Å². The fraction of sp³-hybridized carbons (Fsp3) is 0.143. The van der Waals surface area contributed by atoms with E-state index in [0.717, 1.165) is 12.1 Å². The van der Waals surface area contributed by atoms with Crippen LogP contribution in [0.3, 0.4) is 0 Å². The van der Waals surface area contributed by atoms with Crippen molar-refractivity contribution in [2.24, 2.45) is 0 Å². The molecule has 31 heavy (non-hydrogen) atoms. The second kappa shape index (κ2) is 9.49. The number of ether oxygens (including phenoxy) is 1. The Bertz CT molecular complexity index is 1070. The quantitative estimate of drug-likeness (QED) is 0.335. The van der Waals surface area contributed by atoms with E-state index < -0.39 is 34.4 Å². The minimum Gasteiger partial charge on any atom is -0.406 e. The van der Waals surface area contributed by atoms with Gasteiger partial charge in [-0.25, -0.2) is 0 Å². The maximum Gasteiger partial charge on any atom is 0.573 e. The summed E-state index contributed by atoms with van der Waals surface area (Å²) >= 11 is 6.07. The highest BCUT2D eigenvalue weighted by Gasteiger charge is 2.31. The van der Waals surface area contributed by atoms with Crippen molar-refractivity contribution >= 4 is 34.1 Å². The molecule has 1 heterocycles. The zero-order valence-electron chi connectivity index (χ0n) is 15.6. The first kappa shape index (κ1) is 22.8. The fourth-order valence-corrected chi connectivity index (χ4v) is 3.80. The molecule has 0 radical (unpaired) electrons. The molecule has 162 valence electrons. The molecule has 3 aromatic rings. The van der Waals surface area contributed by atoms with Crippen molar-refractivity contribution in [2.75, 3.05) is 0 Å². The molecule has 1 N–H and O–H groups in total. The summed E-state index contributed by atoms with van der Waals surface area (Å²) in [6.45, 7) is 0. The number of benzene rings is 2. The lowest BCUT2D eigenvalue weighted by atomic mass is 10.0. The number of carbonyl (C=O) groups excluding carboxylic acids is 2. The van der Waals surface area contributed by atoms with Gasteiger partial charge in [0.2, 0.25) is 5.24 Å². The average molecular weight is 472 g/mol. The van der Waals surface area contributed by atoms with Crippen LogP contribution in [0.25, 0.3) is 11.1 Å². The van der Waals surface area contributed by atoms with E-state index in [0.29, 0.717) is 16.9 Å². The van der Waals surface area contributed by atoms with E-state index in [9.17, 15) is 27.2 Å². The van der Waals surface area contributed by atoms with Crippen molar-refractivity contribution in [2.45, 2.75) is 18.8 Å². The Balaban J connectivity index is 1.79. The van der Waals surface area contributed by atoms with E-state index in [1.54, 1.807) is 30.3 Å². The Kier molecular flexibility index (Phi) is 6.97. The Morgan fingerprint density at radius 1 is 1.06 bits per heavy atom. The number of amides is 1. The van der Waals surface area contributed by atoms with Gasteiger partial charge in [-0.05, 0) is 40.9 Å². The van der Waals surface area contributed by atoms with Gasteiger partial charge in [0.15, 0.2) is 5.13 Å². The molecule has 1 atom stereocenters. The van der Waals surface area contributed by atoms with Crippen LogP contribution in [-0.2, 0) is 4.79 Å². The fourth-order valence-electron chi connectivity index (χ4n) is 2.84. The summed E-state index contributed by atoms with van der Waals surface area (Å²) < 4.78 is 55.1. The maximum absolute atomic E-state index is 14.5. The van der Waals surface area contributed by atoms with E-state index in [-0.39, 0.29) is 22.4 Å². The highest BCUT2D eigenvalue weighted by atomic mass is 35.5. The van der Waals surface area contributed by atoms with Gasteiger partial charge < -0.3 is 10.1 Å². The number of thiophene rings is 1. The molecule has 0 fully saturated rings. The van der Waals surface area contributed by atoms with Crippen LogP contribution in [0.15, 0.2) is 60.7 Å². The second-order valence-corrected chi connectivity index (χ2v) is 7.79. The maximum atomic E-state index is 14.5. The molecule has 0 bridgehead atoms. The van der Waals surface area contributed by atoms with Gasteiger partial charge in [0.1, 0.15) is 5.75 Å². The lowest BCUT2D eigenvalue weighted by Crippen LogP contribution is -2.29. The number of hydrogen-bond donors (Lipinski definition) is 1. The van der Waals surface area contributed by atoms with E-state index in [4.69, 9.17) is 11.6 Å². The third-order valence-corrected chi connectivity index (χ3v) is 5.26. The molecule has 0 aliphatic rings. The third-order valence-electron chi connectivity index (χ3n) is 4.18. The summed E-state index contributed by atoms with van der Waals surface area (Å²) in [6.07, 6.45) is -4.99. The minimum absolute atomic E-state index is 0.0334. The van der Waals surface area contributed by atoms with Crippen LogP contribution in [0.1, 0.15) is 27.7 Å². The number of hydrogen-bond acceptors (Lipinski definition) is 4. The standard InChI is InChI=1S/C21H14ClF4NO3S/c22-18(28)11-16(13-4-2-1-3-5-13)27-20(29)17-10-15(19(23)31-17)12-6-8-14(9-7-12)30-21(24,25)26/h1-10,16H,11H2,(H,27,29)/t16-/m1/s1. The van der Waals surface area contributed by atoms with Crippen LogP contribution >= 0.6 is 22.9 Å². The first-order valence-corrected chi connectivity index (χ1v) is 10.0. The van der Waals surface area contributed by atoms with Gasteiger partial charge in [0.25, 0.3) is 5.91 Å². The molecule has 0 unspecified atom stereocenters. The topological polar surface area (TPSA) is 55.4 Å². The van der Waals surface area contributed by atoms with Crippen molar-refractivity contribution in [3.63, 3.8) is 0 Å². The summed E-state index contributed by atoms with van der Waals surface area (Å²) in [6, 6.07) is 13.9. The van der Waals surface area contributed by atoms with Gasteiger partial charge >= 0.3 is 6.36 Å². The van der Waals surface area contributed by atoms with Gasteiger partial charge in [-0.2, -0.15) is 4.39 Å². The Morgan fingerprint density at radius 2 is 1.71 bits per heavy atom. The van der Waals surface area contributed by atoms with E-state index in [2.05, 4.69) is 10.1 Å². The molecule has 0 aliphatic carbocycles. The van der Waals surface area contributed by atoms with E-state index >= 15 is 0 Å². The molecule has 1 amide bonds. The number of rotatable bonds is 7. The molecule has 3 rings (SSSR count). The SMILES string of the molecule is O=C(Cl)C[C@@H](NC(=O)c1cc(-c2ccc(OC(F)(F)F)cc2)c(F)s1)c1ccccc1. The molecule has 0 saturated heterocycles. The average Bonchev–Trinajstić information content (AvgIpc) is 3.09. The highest BCUT2D eigenvalue weighted by Crippen LogP contribution is 2.33. The smallest absolute Gasteiger partial charge is 0.406 e. The largest absolute Gasteiger partial charge is 0.573 e. The molecule has 1 aromatic heterocycles. The Labute approximate surface area is 183 Å². The van der Waals surface area contributed by atoms with Crippen LogP contribution in [-0.4, -0.2) is 17.5 Å². The van der Waals surface area contributed by atoms with Gasteiger partial charge in [-0.1, -0.05) is 42.5 Å². The van der Waals surface area contributed by atoms with Crippen molar-refractivity contribution in [3.05, 3.63) is 76.2 Å². The first-order valence-electron chi connectivity index (χ1n) is 8.82. The summed E-state index contributed by atoms with van der Waals surface area (Å²) in [5.74, 6) is -1.06. The molecule has 4 nitrogen and oxygen atoms in total. The van der Waals surface area contributed by atoms with Crippen molar-refractivity contribution < 1.29 is 31.9 Å². The van der Waals surface area contributed by atoms with Crippen molar-refractivity contribution in [3.8, 4) is 16.9 Å². The number of halogens is 5. The van der Waals surface area contributed by atoms with Gasteiger partial charge in [-0.3, -0.25) is 9.59 Å². The molecular formula is C21H14ClF4NO3S. The predicted molar refractivity (Wildman–Crippen MR) is 109 cm³/mol. The van der Waals surface area contributed by atoms with Crippen LogP contribution in [0, 0.1) is 5.13 Å². The molecule has 0 aliphatic heterocycles. The zero-order chi connectivity index (χ0) is 22.6.